The normalized spacial score (nSPS) is 20.2. The van der Waals surface area contributed by atoms with E-state index in [0.717, 1.165) is 25.0 Å². The number of hydrogen-bond acceptors (Lipinski definition) is 2. The van der Waals surface area contributed by atoms with Crippen LogP contribution in [0.5, 0.6) is 0 Å². The van der Waals surface area contributed by atoms with Gasteiger partial charge in [0.2, 0.25) is 0 Å². The van der Waals surface area contributed by atoms with Crippen molar-refractivity contribution in [2.45, 2.75) is 38.1 Å². The van der Waals surface area contributed by atoms with E-state index < -0.39 is 0 Å². The summed E-state index contributed by atoms with van der Waals surface area (Å²) in [6.45, 7) is 10.1. The minimum absolute atomic E-state index is 0.433. The van der Waals surface area contributed by atoms with Crippen LogP contribution in [0.25, 0.3) is 0 Å². The van der Waals surface area contributed by atoms with Crippen molar-refractivity contribution in [3.8, 4) is 0 Å². The van der Waals surface area contributed by atoms with E-state index in [-0.39, 0.29) is 0 Å². The maximum Gasteiger partial charge on any atom is 0.0311 e. The molecule has 0 aliphatic heterocycles. The van der Waals surface area contributed by atoms with Crippen molar-refractivity contribution in [3.63, 3.8) is 0 Å². The van der Waals surface area contributed by atoms with Gasteiger partial charge in [-0.2, -0.15) is 0 Å². The van der Waals surface area contributed by atoms with E-state index in [9.17, 15) is 0 Å². The Morgan fingerprint density at radius 3 is 2.95 bits per heavy atom. The van der Waals surface area contributed by atoms with Gasteiger partial charge in [-0.05, 0) is 53.5 Å². The van der Waals surface area contributed by atoms with Crippen LogP contribution in [0.2, 0.25) is 0 Å². The molecule has 2 atom stereocenters. The molecule has 0 amide bonds. The fourth-order valence-electron chi connectivity index (χ4n) is 3.46. The summed E-state index contributed by atoms with van der Waals surface area (Å²) in [5, 5.41) is 5.76. The van der Waals surface area contributed by atoms with Gasteiger partial charge in [-0.1, -0.05) is 44.3 Å². The van der Waals surface area contributed by atoms with Gasteiger partial charge in [0.25, 0.3) is 0 Å². The van der Waals surface area contributed by atoms with Crippen LogP contribution in [0.15, 0.2) is 60.6 Å². The van der Waals surface area contributed by atoms with Gasteiger partial charge in [0, 0.05) is 22.5 Å². The molecule has 2 unspecified atom stereocenters. The monoisotopic (exact) mass is 309 g/mol. The molecule has 0 bridgehead atoms. The molecule has 3 rings (SSSR count). The van der Waals surface area contributed by atoms with Crippen LogP contribution in [-0.4, -0.2) is 6.04 Å². The lowest BCUT2D eigenvalue weighted by Crippen LogP contribution is -2.34. The Morgan fingerprint density at radius 2 is 2.18 bits per heavy atom. The molecule has 22 heavy (non-hydrogen) atoms. The summed E-state index contributed by atoms with van der Waals surface area (Å²) in [6.07, 6.45) is 5.09. The van der Waals surface area contributed by atoms with Gasteiger partial charge in [-0.15, -0.1) is 11.3 Å². The molecule has 114 valence electrons. The molecule has 1 aromatic heterocycles. The lowest BCUT2D eigenvalue weighted by atomic mass is 9.79. The van der Waals surface area contributed by atoms with E-state index >= 15 is 0 Å². The zero-order valence-corrected chi connectivity index (χ0v) is 14.0. The van der Waals surface area contributed by atoms with Crippen molar-refractivity contribution in [2.75, 3.05) is 0 Å². The van der Waals surface area contributed by atoms with Gasteiger partial charge >= 0.3 is 0 Å². The van der Waals surface area contributed by atoms with E-state index in [1.165, 1.54) is 16.7 Å². The molecule has 0 spiro atoms. The van der Waals surface area contributed by atoms with Crippen molar-refractivity contribution in [1.82, 2.24) is 5.32 Å². The molecule has 1 aromatic carbocycles. The van der Waals surface area contributed by atoms with Gasteiger partial charge in [0.15, 0.2) is 0 Å². The average molecular weight is 309 g/mol. The fraction of sp³-hybridized carbons (Fsp3) is 0.300. The third kappa shape index (κ3) is 2.89. The minimum atomic E-state index is 0.433. The second kappa shape index (κ2) is 6.53. The Balaban J connectivity index is 1.96. The summed E-state index contributed by atoms with van der Waals surface area (Å²) >= 11 is 1.90. The Morgan fingerprint density at radius 1 is 1.36 bits per heavy atom. The number of fused-ring (bicyclic) bond motifs is 1. The molecule has 0 fully saturated rings. The van der Waals surface area contributed by atoms with Crippen LogP contribution in [0.3, 0.4) is 0 Å². The number of aryl methyl sites for hydroxylation is 1. The Labute approximate surface area is 137 Å². The molecule has 2 aromatic rings. The Bertz CT molecular complexity index is 683. The number of rotatable bonds is 5. The predicted molar refractivity (Wildman–Crippen MR) is 96.6 cm³/mol. The highest BCUT2D eigenvalue weighted by Gasteiger charge is 2.30. The molecule has 0 radical (unpaired) electrons. The highest BCUT2D eigenvalue weighted by atomic mass is 32.1. The number of thiophene rings is 1. The van der Waals surface area contributed by atoms with Crippen LogP contribution in [-0.2, 0) is 12.8 Å². The van der Waals surface area contributed by atoms with Crippen molar-refractivity contribution in [1.29, 1.82) is 0 Å². The Kier molecular flexibility index (Phi) is 4.49. The standard InChI is InChI=1S/C20H23NS/c1-4-14(3)21-17-12-16-10-11-22-20(16)19(13-17)18-9-7-6-8-15(18)5-2/h4,6-11,17,19,21H,1,3,5,12-13H2,2H3. The third-order valence-corrected chi connectivity index (χ3v) is 5.60. The van der Waals surface area contributed by atoms with Gasteiger partial charge < -0.3 is 5.32 Å². The molecule has 1 heterocycles. The number of nitrogens with one attached hydrogen (secondary N) is 1. The van der Waals surface area contributed by atoms with Crippen LogP contribution >= 0.6 is 11.3 Å². The van der Waals surface area contributed by atoms with Crippen molar-refractivity contribution in [3.05, 3.63) is 82.2 Å². The fourth-order valence-corrected chi connectivity index (χ4v) is 4.53. The summed E-state index contributed by atoms with van der Waals surface area (Å²) in [4.78, 5) is 1.54. The SMILES string of the molecule is C=CC(=C)NC1Cc2ccsc2C(c2ccccc2CC)C1. The first kappa shape index (κ1) is 15.1. The topological polar surface area (TPSA) is 12.0 Å². The van der Waals surface area contributed by atoms with Crippen molar-refractivity contribution < 1.29 is 0 Å². The van der Waals surface area contributed by atoms with Gasteiger partial charge in [-0.25, -0.2) is 0 Å². The first-order valence-corrected chi connectivity index (χ1v) is 8.82. The molecule has 1 aliphatic rings. The first-order valence-electron chi connectivity index (χ1n) is 7.94. The summed E-state index contributed by atoms with van der Waals surface area (Å²) in [7, 11) is 0. The van der Waals surface area contributed by atoms with Gasteiger partial charge in [-0.3, -0.25) is 0 Å². The molecule has 1 aliphatic carbocycles. The quantitative estimate of drug-likeness (QED) is 0.762. The van der Waals surface area contributed by atoms with Gasteiger partial charge in [0.05, 0.1) is 0 Å². The van der Waals surface area contributed by atoms with E-state index in [2.05, 4.69) is 61.1 Å². The third-order valence-electron chi connectivity index (χ3n) is 4.53. The number of allylic oxidation sites excluding steroid dienone is 1. The highest BCUT2D eigenvalue weighted by molar-refractivity contribution is 7.10. The number of hydrogen-bond donors (Lipinski definition) is 1. The lowest BCUT2D eigenvalue weighted by Gasteiger charge is -2.32. The van der Waals surface area contributed by atoms with Crippen molar-refractivity contribution >= 4 is 11.3 Å². The molecule has 0 saturated heterocycles. The second-order valence-electron chi connectivity index (χ2n) is 5.93. The summed E-state index contributed by atoms with van der Waals surface area (Å²) in [5.41, 5.74) is 5.37. The maximum atomic E-state index is 4.02. The van der Waals surface area contributed by atoms with E-state index in [4.69, 9.17) is 0 Å². The molecular weight excluding hydrogens is 286 g/mol. The zero-order chi connectivity index (χ0) is 15.5. The summed E-state index contributed by atoms with van der Waals surface area (Å²) in [5.74, 6) is 0.495. The van der Waals surface area contributed by atoms with Crippen LogP contribution in [0.4, 0.5) is 0 Å². The summed E-state index contributed by atoms with van der Waals surface area (Å²) < 4.78 is 0. The summed E-state index contributed by atoms with van der Waals surface area (Å²) in [6, 6.07) is 11.6. The largest absolute Gasteiger partial charge is 0.382 e. The highest BCUT2D eigenvalue weighted by Crippen LogP contribution is 2.41. The smallest absolute Gasteiger partial charge is 0.0311 e. The predicted octanol–water partition coefficient (Wildman–Crippen LogP) is 5.05. The Hall–Kier alpha value is -1.80. The minimum Gasteiger partial charge on any atom is -0.382 e. The molecule has 1 N–H and O–H groups in total. The van der Waals surface area contributed by atoms with Crippen LogP contribution < -0.4 is 5.32 Å². The second-order valence-corrected chi connectivity index (χ2v) is 6.87. The average Bonchev–Trinajstić information content (AvgIpc) is 3.02. The number of benzene rings is 1. The molecule has 0 saturated carbocycles. The van der Waals surface area contributed by atoms with Crippen molar-refractivity contribution in [2.24, 2.45) is 0 Å². The molecule has 1 nitrogen and oxygen atoms in total. The van der Waals surface area contributed by atoms with E-state index in [1.54, 1.807) is 11.0 Å². The molecule has 2 heteroatoms. The maximum absolute atomic E-state index is 4.02. The van der Waals surface area contributed by atoms with Gasteiger partial charge in [0.1, 0.15) is 0 Å². The van der Waals surface area contributed by atoms with Crippen LogP contribution in [0.1, 0.15) is 40.8 Å². The molecular formula is C20H23NS. The van der Waals surface area contributed by atoms with E-state index in [0.29, 0.717) is 12.0 Å². The van der Waals surface area contributed by atoms with E-state index in [1.807, 2.05) is 11.3 Å². The first-order chi connectivity index (χ1) is 10.7. The van der Waals surface area contributed by atoms with Crippen LogP contribution in [0, 0.1) is 0 Å². The zero-order valence-electron chi connectivity index (χ0n) is 13.1. The lowest BCUT2D eigenvalue weighted by molar-refractivity contribution is 0.476.